The minimum absolute atomic E-state index is 0.206. The van der Waals surface area contributed by atoms with Gasteiger partial charge in [-0.15, -0.1) is 10.2 Å². The fraction of sp³-hybridized carbons (Fsp3) is 0.0909. The van der Waals surface area contributed by atoms with E-state index >= 15 is 0 Å². The van der Waals surface area contributed by atoms with Crippen LogP contribution >= 0.6 is 27.3 Å². The van der Waals surface area contributed by atoms with E-state index < -0.39 is 0 Å². The summed E-state index contributed by atoms with van der Waals surface area (Å²) in [5.74, 6) is -0.0119. The number of amides is 1. The van der Waals surface area contributed by atoms with E-state index in [9.17, 15) is 9.59 Å². The number of halogens is 1. The average Bonchev–Trinajstić information content (AvgIpc) is 2.90. The molecule has 1 heterocycles. The second-order valence-electron chi connectivity index (χ2n) is 3.38. The van der Waals surface area contributed by atoms with Gasteiger partial charge in [0.25, 0.3) is 5.91 Å². The summed E-state index contributed by atoms with van der Waals surface area (Å²) in [4.78, 5) is 22.4. The van der Waals surface area contributed by atoms with E-state index in [-0.39, 0.29) is 12.5 Å². The van der Waals surface area contributed by atoms with Crippen LogP contribution < -0.4 is 10.1 Å². The van der Waals surface area contributed by atoms with Gasteiger partial charge in [-0.2, -0.15) is 0 Å². The van der Waals surface area contributed by atoms with Gasteiger partial charge in [0.05, 0.1) is 5.56 Å². The van der Waals surface area contributed by atoms with Crippen molar-refractivity contribution in [2.24, 2.45) is 0 Å². The maximum Gasteiger partial charge on any atom is 0.264 e. The number of rotatable bonds is 5. The standard InChI is InChI=1S/C11H8BrN3O3S/c12-8-1-2-9(7(3-8)4-16)18-5-10(17)14-11-15-13-6-19-11/h1-4,6H,5H2,(H,14,15,17). The summed E-state index contributed by atoms with van der Waals surface area (Å²) >= 11 is 4.46. The van der Waals surface area contributed by atoms with Crippen LogP contribution in [0, 0.1) is 0 Å². The Bertz CT molecular complexity index is 589. The molecule has 1 N–H and O–H groups in total. The maximum atomic E-state index is 11.6. The lowest BCUT2D eigenvalue weighted by molar-refractivity contribution is -0.118. The molecule has 0 spiro atoms. The van der Waals surface area contributed by atoms with Gasteiger partial charge in [-0.3, -0.25) is 14.9 Å². The van der Waals surface area contributed by atoms with Crippen LogP contribution in [0.15, 0.2) is 28.2 Å². The summed E-state index contributed by atoms with van der Waals surface area (Å²) in [6, 6.07) is 4.96. The highest BCUT2D eigenvalue weighted by molar-refractivity contribution is 9.10. The molecule has 0 fully saturated rings. The number of hydrogen-bond donors (Lipinski definition) is 1. The first-order valence-electron chi connectivity index (χ1n) is 5.12. The van der Waals surface area contributed by atoms with Crippen LogP contribution in [0.4, 0.5) is 5.13 Å². The number of anilines is 1. The third kappa shape index (κ3) is 3.83. The molecule has 0 bridgehead atoms. The topological polar surface area (TPSA) is 81.2 Å². The van der Waals surface area contributed by atoms with E-state index in [2.05, 4.69) is 31.4 Å². The monoisotopic (exact) mass is 341 g/mol. The SMILES string of the molecule is O=Cc1cc(Br)ccc1OCC(=O)Nc1nncs1. The summed E-state index contributed by atoms with van der Waals surface area (Å²) in [6.07, 6.45) is 0.669. The van der Waals surface area contributed by atoms with Crippen LogP contribution in [0.3, 0.4) is 0 Å². The van der Waals surface area contributed by atoms with Gasteiger partial charge in [0.2, 0.25) is 5.13 Å². The van der Waals surface area contributed by atoms with Crippen molar-refractivity contribution >= 4 is 44.6 Å². The van der Waals surface area contributed by atoms with Crippen molar-refractivity contribution in [1.29, 1.82) is 0 Å². The van der Waals surface area contributed by atoms with Gasteiger partial charge in [0.15, 0.2) is 12.9 Å². The first kappa shape index (κ1) is 13.6. The number of aldehydes is 1. The maximum absolute atomic E-state index is 11.6. The molecule has 1 aromatic carbocycles. The average molecular weight is 342 g/mol. The lowest BCUT2D eigenvalue weighted by Gasteiger charge is -2.08. The minimum atomic E-state index is -0.364. The van der Waals surface area contributed by atoms with E-state index in [4.69, 9.17) is 4.74 Å². The fourth-order valence-electron chi connectivity index (χ4n) is 1.27. The van der Waals surface area contributed by atoms with E-state index in [1.54, 1.807) is 18.2 Å². The number of nitrogens with one attached hydrogen (secondary N) is 1. The third-order valence-electron chi connectivity index (χ3n) is 2.06. The number of carbonyl (C=O) groups is 2. The molecule has 0 saturated carbocycles. The van der Waals surface area contributed by atoms with Gasteiger partial charge in [0.1, 0.15) is 11.3 Å². The Hall–Kier alpha value is -1.80. The summed E-state index contributed by atoms with van der Waals surface area (Å²) in [5, 5.41) is 10.2. The Labute approximate surface area is 120 Å². The van der Waals surface area contributed by atoms with Crippen LogP contribution in [0.5, 0.6) is 5.75 Å². The fourth-order valence-corrected chi connectivity index (χ4v) is 2.11. The molecule has 0 aliphatic heterocycles. The predicted molar refractivity (Wildman–Crippen MR) is 73.6 cm³/mol. The van der Waals surface area contributed by atoms with Crippen LogP contribution in [0.1, 0.15) is 10.4 Å². The van der Waals surface area contributed by atoms with Crippen LogP contribution in [0.25, 0.3) is 0 Å². The molecule has 0 atom stereocenters. The van der Waals surface area contributed by atoms with Crippen LogP contribution in [-0.4, -0.2) is 29.0 Å². The van der Waals surface area contributed by atoms with Crippen molar-refractivity contribution in [3.63, 3.8) is 0 Å². The largest absolute Gasteiger partial charge is 0.483 e. The summed E-state index contributed by atoms with van der Waals surface area (Å²) in [7, 11) is 0. The zero-order chi connectivity index (χ0) is 13.7. The third-order valence-corrected chi connectivity index (χ3v) is 3.16. The van der Waals surface area contributed by atoms with Crippen LogP contribution in [-0.2, 0) is 4.79 Å². The highest BCUT2D eigenvalue weighted by atomic mass is 79.9. The number of nitrogens with zero attached hydrogens (tertiary/aromatic N) is 2. The van der Waals surface area contributed by atoms with Crippen molar-refractivity contribution in [2.45, 2.75) is 0 Å². The van der Waals surface area contributed by atoms with Crippen molar-refractivity contribution in [3.8, 4) is 5.75 Å². The Morgan fingerprint density at radius 2 is 2.37 bits per heavy atom. The highest BCUT2D eigenvalue weighted by Gasteiger charge is 2.08. The molecule has 1 amide bonds. The van der Waals surface area contributed by atoms with Gasteiger partial charge in [-0.1, -0.05) is 27.3 Å². The second kappa shape index (κ2) is 6.39. The molecule has 0 unspecified atom stereocenters. The van der Waals surface area contributed by atoms with Gasteiger partial charge < -0.3 is 4.74 Å². The smallest absolute Gasteiger partial charge is 0.264 e. The van der Waals surface area contributed by atoms with Crippen molar-refractivity contribution in [3.05, 3.63) is 33.7 Å². The quantitative estimate of drug-likeness (QED) is 0.842. The molecule has 0 radical (unpaired) electrons. The molecular weight excluding hydrogens is 334 g/mol. The van der Waals surface area contributed by atoms with E-state index in [1.165, 1.54) is 16.8 Å². The first-order chi connectivity index (χ1) is 9.19. The molecule has 2 aromatic rings. The zero-order valence-electron chi connectivity index (χ0n) is 9.50. The Morgan fingerprint density at radius 3 is 3.05 bits per heavy atom. The lowest BCUT2D eigenvalue weighted by Crippen LogP contribution is -2.20. The van der Waals surface area contributed by atoms with E-state index in [0.29, 0.717) is 22.7 Å². The molecule has 0 aliphatic rings. The molecule has 0 aliphatic carbocycles. The van der Waals surface area contributed by atoms with Gasteiger partial charge in [-0.25, -0.2) is 0 Å². The van der Waals surface area contributed by atoms with E-state index in [0.717, 1.165) is 4.47 Å². The number of ether oxygens (including phenoxy) is 1. The molecular formula is C11H8BrN3O3S. The number of benzene rings is 1. The normalized spacial score (nSPS) is 9.95. The van der Waals surface area contributed by atoms with Crippen molar-refractivity contribution < 1.29 is 14.3 Å². The van der Waals surface area contributed by atoms with Gasteiger partial charge in [0, 0.05) is 4.47 Å². The summed E-state index contributed by atoms with van der Waals surface area (Å²) < 4.78 is 6.05. The van der Waals surface area contributed by atoms with Crippen LogP contribution in [0.2, 0.25) is 0 Å². The highest BCUT2D eigenvalue weighted by Crippen LogP contribution is 2.21. The van der Waals surface area contributed by atoms with E-state index in [1.807, 2.05) is 0 Å². The molecule has 1 aromatic heterocycles. The zero-order valence-corrected chi connectivity index (χ0v) is 11.9. The molecule has 8 heteroatoms. The van der Waals surface area contributed by atoms with Gasteiger partial charge >= 0.3 is 0 Å². The Balaban J connectivity index is 1.95. The molecule has 6 nitrogen and oxygen atoms in total. The molecule has 98 valence electrons. The minimum Gasteiger partial charge on any atom is -0.483 e. The predicted octanol–water partition coefficient (Wildman–Crippen LogP) is 2.13. The first-order valence-corrected chi connectivity index (χ1v) is 6.80. The summed E-state index contributed by atoms with van der Waals surface area (Å²) in [5.41, 5.74) is 1.88. The number of aromatic nitrogens is 2. The molecule has 2 rings (SSSR count). The lowest BCUT2D eigenvalue weighted by atomic mass is 10.2. The summed E-state index contributed by atoms with van der Waals surface area (Å²) in [6.45, 7) is -0.206. The number of hydrogen-bond acceptors (Lipinski definition) is 6. The van der Waals surface area contributed by atoms with Crippen molar-refractivity contribution in [2.75, 3.05) is 11.9 Å². The molecule has 19 heavy (non-hydrogen) atoms. The molecule has 0 saturated heterocycles. The number of carbonyl (C=O) groups excluding carboxylic acids is 2. The second-order valence-corrected chi connectivity index (χ2v) is 5.13. The Morgan fingerprint density at radius 1 is 1.53 bits per heavy atom. The van der Waals surface area contributed by atoms with Gasteiger partial charge in [-0.05, 0) is 18.2 Å². The Kier molecular flexibility index (Phi) is 4.58. The van der Waals surface area contributed by atoms with Crippen molar-refractivity contribution in [1.82, 2.24) is 10.2 Å².